The molecule has 0 aliphatic carbocycles. The molecule has 17 heavy (non-hydrogen) atoms. The summed E-state index contributed by atoms with van der Waals surface area (Å²) in [5.41, 5.74) is 2.43. The molecule has 2 unspecified atom stereocenters. The second-order valence-corrected chi connectivity index (χ2v) is 5.00. The molecule has 1 aliphatic heterocycles. The van der Waals surface area contributed by atoms with Gasteiger partial charge in [0.15, 0.2) is 0 Å². The SMILES string of the molecule is NC1CCOC1c1ccc(SC(F)(F)F)cc1. The molecule has 0 spiro atoms. The van der Waals surface area contributed by atoms with E-state index in [-0.39, 0.29) is 28.8 Å². The first kappa shape index (κ1) is 12.7. The Morgan fingerprint density at radius 3 is 2.35 bits per heavy atom. The number of thioether (sulfide) groups is 1. The van der Waals surface area contributed by atoms with Crippen molar-refractivity contribution in [2.75, 3.05) is 6.61 Å². The Morgan fingerprint density at radius 2 is 1.88 bits per heavy atom. The minimum Gasteiger partial charge on any atom is -0.372 e. The monoisotopic (exact) mass is 263 g/mol. The van der Waals surface area contributed by atoms with Gasteiger partial charge in [-0.2, -0.15) is 13.2 Å². The van der Waals surface area contributed by atoms with Crippen LogP contribution in [0.3, 0.4) is 0 Å². The standard InChI is InChI=1S/C11H12F3NOS/c12-11(13,14)17-8-3-1-7(2-4-8)10-9(15)5-6-16-10/h1-4,9-10H,5-6,15H2. The van der Waals surface area contributed by atoms with Gasteiger partial charge in [-0.1, -0.05) is 12.1 Å². The maximum atomic E-state index is 12.1. The third kappa shape index (κ3) is 3.37. The molecule has 2 N–H and O–H groups in total. The summed E-state index contributed by atoms with van der Waals surface area (Å²) in [6, 6.07) is 6.11. The number of nitrogens with two attached hydrogens (primary N) is 1. The summed E-state index contributed by atoms with van der Waals surface area (Å²) < 4.78 is 41.8. The molecule has 1 aromatic carbocycles. The van der Waals surface area contributed by atoms with Gasteiger partial charge in [0.1, 0.15) is 0 Å². The lowest BCUT2D eigenvalue weighted by atomic mass is 10.0. The highest BCUT2D eigenvalue weighted by Gasteiger charge is 2.30. The molecule has 1 aliphatic rings. The average Bonchev–Trinajstić information content (AvgIpc) is 2.63. The van der Waals surface area contributed by atoms with Crippen LogP contribution in [0.1, 0.15) is 18.1 Å². The van der Waals surface area contributed by atoms with Crippen molar-refractivity contribution in [3.05, 3.63) is 29.8 Å². The van der Waals surface area contributed by atoms with Crippen LogP contribution in [0.5, 0.6) is 0 Å². The number of halogens is 3. The number of benzene rings is 1. The van der Waals surface area contributed by atoms with Gasteiger partial charge in [0.2, 0.25) is 0 Å². The summed E-state index contributed by atoms with van der Waals surface area (Å²) in [5.74, 6) is 0. The highest BCUT2D eigenvalue weighted by Crippen LogP contribution is 2.37. The first-order chi connectivity index (χ1) is 7.96. The number of rotatable bonds is 2. The highest BCUT2D eigenvalue weighted by molar-refractivity contribution is 8.00. The van der Waals surface area contributed by atoms with Gasteiger partial charge in [-0.3, -0.25) is 0 Å². The summed E-state index contributed by atoms with van der Waals surface area (Å²) in [5, 5.41) is 0. The van der Waals surface area contributed by atoms with Gasteiger partial charge in [-0.15, -0.1) is 0 Å². The number of hydrogen-bond acceptors (Lipinski definition) is 3. The summed E-state index contributed by atoms with van der Waals surface area (Å²) in [4.78, 5) is 0.174. The van der Waals surface area contributed by atoms with Crippen LogP contribution in [0.25, 0.3) is 0 Å². The second-order valence-electron chi connectivity index (χ2n) is 3.86. The molecule has 1 aromatic rings. The molecule has 0 amide bonds. The lowest BCUT2D eigenvalue weighted by Gasteiger charge is -2.15. The summed E-state index contributed by atoms with van der Waals surface area (Å²) in [6.07, 6.45) is 0.587. The fourth-order valence-corrected chi connectivity index (χ4v) is 2.35. The van der Waals surface area contributed by atoms with Gasteiger partial charge in [0.25, 0.3) is 0 Å². The summed E-state index contributed by atoms with van der Waals surface area (Å²) in [6.45, 7) is 0.602. The van der Waals surface area contributed by atoms with E-state index in [0.29, 0.717) is 6.61 Å². The molecule has 0 saturated carbocycles. The van der Waals surface area contributed by atoms with E-state index in [1.165, 1.54) is 12.1 Å². The van der Waals surface area contributed by atoms with Gasteiger partial charge in [0.05, 0.1) is 6.10 Å². The zero-order chi connectivity index (χ0) is 12.5. The van der Waals surface area contributed by atoms with E-state index < -0.39 is 5.51 Å². The zero-order valence-corrected chi connectivity index (χ0v) is 9.72. The number of alkyl halides is 3. The van der Waals surface area contributed by atoms with Crippen LogP contribution in [0.15, 0.2) is 29.2 Å². The molecule has 2 rings (SSSR count). The normalized spacial score (nSPS) is 25.2. The van der Waals surface area contributed by atoms with Crippen molar-refractivity contribution in [3.63, 3.8) is 0 Å². The van der Waals surface area contributed by atoms with E-state index >= 15 is 0 Å². The molecule has 2 nitrogen and oxygen atoms in total. The van der Waals surface area contributed by atoms with E-state index in [4.69, 9.17) is 10.5 Å². The molecule has 1 heterocycles. The smallest absolute Gasteiger partial charge is 0.372 e. The predicted molar refractivity (Wildman–Crippen MR) is 59.6 cm³/mol. The van der Waals surface area contributed by atoms with E-state index in [1.807, 2.05) is 0 Å². The fraction of sp³-hybridized carbons (Fsp3) is 0.455. The molecule has 1 saturated heterocycles. The van der Waals surface area contributed by atoms with Crippen LogP contribution in [-0.2, 0) is 4.74 Å². The van der Waals surface area contributed by atoms with Gasteiger partial charge in [-0.05, 0) is 35.9 Å². The van der Waals surface area contributed by atoms with Crippen LogP contribution < -0.4 is 5.73 Å². The Kier molecular flexibility index (Phi) is 3.65. The molecule has 2 atom stereocenters. The van der Waals surface area contributed by atoms with Crippen molar-refractivity contribution < 1.29 is 17.9 Å². The third-order valence-corrected chi connectivity index (χ3v) is 3.32. The van der Waals surface area contributed by atoms with Gasteiger partial charge in [-0.25, -0.2) is 0 Å². The minimum atomic E-state index is -4.25. The lowest BCUT2D eigenvalue weighted by Crippen LogP contribution is -2.23. The van der Waals surface area contributed by atoms with Crippen molar-refractivity contribution in [1.29, 1.82) is 0 Å². The maximum Gasteiger partial charge on any atom is 0.446 e. The van der Waals surface area contributed by atoms with Gasteiger partial charge < -0.3 is 10.5 Å². The summed E-state index contributed by atoms with van der Waals surface area (Å²) in [7, 11) is 0. The van der Waals surface area contributed by atoms with E-state index in [2.05, 4.69) is 0 Å². The van der Waals surface area contributed by atoms with Gasteiger partial charge >= 0.3 is 5.51 Å². The molecule has 0 aromatic heterocycles. The molecule has 1 fully saturated rings. The van der Waals surface area contributed by atoms with Gasteiger partial charge in [0, 0.05) is 17.5 Å². The van der Waals surface area contributed by atoms with Crippen LogP contribution >= 0.6 is 11.8 Å². The molecular weight excluding hydrogens is 251 g/mol. The topological polar surface area (TPSA) is 35.2 Å². The predicted octanol–water partition coefficient (Wildman–Crippen LogP) is 3.09. The molecule has 0 bridgehead atoms. The van der Waals surface area contributed by atoms with Crippen LogP contribution in [0, 0.1) is 0 Å². The Bertz CT molecular complexity index is 379. The Hall–Kier alpha value is -0.720. The average molecular weight is 263 g/mol. The quantitative estimate of drug-likeness (QED) is 0.833. The third-order valence-electron chi connectivity index (χ3n) is 2.58. The largest absolute Gasteiger partial charge is 0.446 e. The van der Waals surface area contributed by atoms with E-state index in [0.717, 1.165) is 12.0 Å². The second kappa shape index (κ2) is 4.88. The maximum absolute atomic E-state index is 12.1. The van der Waals surface area contributed by atoms with Crippen molar-refractivity contribution in [2.45, 2.75) is 29.0 Å². The fourth-order valence-electron chi connectivity index (χ4n) is 1.81. The van der Waals surface area contributed by atoms with Crippen molar-refractivity contribution in [3.8, 4) is 0 Å². The lowest BCUT2D eigenvalue weighted by molar-refractivity contribution is -0.0328. The van der Waals surface area contributed by atoms with Crippen LogP contribution in [0.2, 0.25) is 0 Å². The van der Waals surface area contributed by atoms with Crippen LogP contribution in [-0.4, -0.2) is 18.2 Å². The van der Waals surface area contributed by atoms with Crippen molar-refractivity contribution in [1.82, 2.24) is 0 Å². The molecule has 0 radical (unpaired) electrons. The van der Waals surface area contributed by atoms with Crippen molar-refractivity contribution in [2.24, 2.45) is 5.73 Å². The Morgan fingerprint density at radius 1 is 1.24 bits per heavy atom. The Labute approximate surface area is 101 Å². The number of ether oxygens (including phenoxy) is 1. The first-order valence-corrected chi connectivity index (χ1v) is 6.00. The van der Waals surface area contributed by atoms with Crippen LogP contribution in [0.4, 0.5) is 13.2 Å². The molecular formula is C11H12F3NOS. The molecule has 94 valence electrons. The first-order valence-electron chi connectivity index (χ1n) is 5.18. The molecule has 6 heteroatoms. The minimum absolute atomic E-state index is 0.0730. The highest BCUT2D eigenvalue weighted by atomic mass is 32.2. The van der Waals surface area contributed by atoms with E-state index in [9.17, 15) is 13.2 Å². The summed E-state index contributed by atoms with van der Waals surface area (Å²) >= 11 is -0.119. The van der Waals surface area contributed by atoms with Crippen molar-refractivity contribution >= 4 is 11.8 Å². The zero-order valence-electron chi connectivity index (χ0n) is 8.91. The number of hydrogen-bond donors (Lipinski definition) is 1. The Balaban J connectivity index is 2.07. The van der Waals surface area contributed by atoms with E-state index in [1.54, 1.807) is 12.1 Å².